The Morgan fingerprint density at radius 3 is 2.12 bits per heavy atom. The minimum atomic E-state index is -0.685. The maximum absolute atomic E-state index is 9.98. The van der Waals surface area contributed by atoms with Crippen LogP contribution in [0.1, 0.15) is 65.7 Å². The molecule has 0 aromatic heterocycles. The van der Waals surface area contributed by atoms with Crippen LogP contribution in [-0.4, -0.2) is 22.8 Å². The zero-order chi connectivity index (χ0) is 12.8. The van der Waals surface area contributed by atoms with Crippen LogP contribution < -0.4 is 0 Å². The van der Waals surface area contributed by atoms with E-state index in [0.717, 1.165) is 19.3 Å². The topological polar surface area (TPSA) is 57.5 Å². The lowest BCUT2D eigenvalue weighted by atomic mass is 10.1. The molecule has 0 radical (unpaired) electrons. The summed E-state index contributed by atoms with van der Waals surface area (Å²) in [6.07, 6.45) is 6.83. The fourth-order valence-electron chi connectivity index (χ4n) is 1.20. The Morgan fingerprint density at radius 1 is 1.12 bits per heavy atom. The molecular weight excluding hydrogens is 204 g/mol. The van der Waals surface area contributed by atoms with Gasteiger partial charge in [-0.1, -0.05) is 46.5 Å². The van der Waals surface area contributed by atoms with Crippen molar-refractivity contribution in [3.05, 3.63) is 0 Å². The highest BCUT2D eigenvalue weighted by molar-refractivity contribution is 5.66. The van der Waals surface area contributed by atoms with Gasteiger partial charge in [0, 0.05) is 13.0 Å². The van der Waals surface area contributed by atoms with Gasteiger partial charge in [-0.05, 0) is 18.8 Å². The van der Waals surface area contributed by atoms with E-state index in [1.165, 1.54) is 19.3 Å². The largest absolute Gasteiger partial charge is 0.481 e. The zero-order valence-electron chi connectivity index (χ0n) is 11.0. The van der Waals surface area contributed by atoms with E-state index in [9.17, 15) is 4.79 Å². The molecular formula is C13H28O3. The van der Waals surface area contributed by atoms with Crippen molar-refractivity contribution in [1.82, 2.24) is 0 Å². The number of rotatable bonds is 8. The first-order valence-electron chi connectivity index (χ1n) is 6.37. The van der Waals surface area contributed by atoms with E-state index in [1.54, 1.807) is 0 Å². The molecule has 0 aliphatic rings. The predicted molar refractivity (Wildman–Crippen MR) is 67.6 cm³/mol. The number of aliphatic hydroxyl groups is 1. The quantitative estimate of drug-likeness (QED) is 0.630. The van der Waals surface area contributed by atoms with Gasteiger partial charge in [-0.2, -0.15) is 0 Å². The second-order valence-corrected chi connectivity index (χ2v) is 4.46. The molecule has 0 aliphatic heterocycles. The SMILES string of the molecule is CC(C)CCCC(=O)O.CCCCCCO. The second kappa shape index (κ2) is 14.4. The van der Waals surface area contributed by atoms with E-state index in [4.69, 9.17) is 10.2 Å². The van der Waals surface area contributed by atoms with Crippen molar-refractivity contribution in [2.45, 2.75) is 65.7 Å². The van der Waals surface area contributed by atoms with Gasteiger partial charge >= 0.3 is 5.97 Å². The van der Waals surface area contributed by atoms with Crippen LogP contribution in [-0.2, 0) is 4.79 Å². The van der Waals surface area contributed by atoms with E-state index in [-0.39, 0.29) is 0 Å². The fraction of sp³-hybridized carbons (Fsp3) is 0.923. The summed E-state index contributed by atoms with van der Waals surface area (Å²) in [6.45, 7) is 6.72. The van der Waals surface area contributed by atoms with Gasteiger partial charge in [-0.25, -0.2) is 0 Å². The Bertz CT molecular complexity index is 140. The lowest BCUT2D eigenvalue weighted by Crippen LogP contribution is -1.95. The number of unbranched alkanes of at least 4 members (excludes halogenated alkanes) is 3. The summed E-state index contributed by atoms with van der Waals surface area (Å²) < 4.78 is 0. The molecule has 3 nitrogen and oxygen atoms in total. The molecule has 0 aliphatic carbocycles. The molecule has 2 N–H and O–H groups in total. The van der Waals surface area contributed by atoms with Crippen molar-refractivity contribution in [1.29, 1.82) is 0 Å². The molecule has 0 saturated heterocycles. The number of carbonyl (C=O) groups is 1. The monoisotopic (exact) mass is 232 g/mol. The minimum Gasteiger partial charge on any atom is -0.481 e. The Balaban J connectivity index is 0. The van der Waals surface area contributed by atoms with Crippen LogP contribution in [0.15, 0.2) is 0 Å². The maximum atomic E-state index is 9.98. The number of hydrogen-bond donors (Lipinski definition) is 2. The van der Waals surface area contributed by atoms with E-state index in [1.807, 2.05) is 0 Å². The van der Waals surface area contributed by atoms with Crippen molar-refractivity contribution < 1.29 is 15.0 Å². The number of aliphatic hydroxyl groups excluding tert-OH is 1. The summed E-state index contributed by atoms with van der Waals surface area (Å²) in [5.74, 6) is -0.0556. The van der Waals surface area contributed by atoms with Crippen molar-refractivity contribution in [2.75, 3.05) is 6.61 Å². The number of carboxylic acids is 1. The first-order valence-corrected chi connectivity index (χ1v) is 6.37. The molecule has 3 heteroatoms. The van der Waals surface area contributed by atoms with Crippen LogP contribution >= 0.6 is 0 Å². The van der Waals surface area contributed by atoms with Gasteiger partial charge in [0.25, 0.3) is 0 Å². The maximum Gasteiger partial charge on any atom is 0.303 e. The molecule has 0 atom stereocenters. The lowest BCUT2D eigenvalue weighted by Gasteiger charge is -1.99. The number of aliphatic carboxylic acids is 1. The van der Waals surface area contributed by atoms with Gasteiger partial charge in [0.1, 0.15) is 0 Å². The Labute approximate surface area is 99.9 Å². The normalized spacial score (nSPS) is 9.81. The van der Waals surface area contributed by atoms with Crippen LogP contribution in [0.4, 0.5) is 0 Å². The van der Waals surface area contributed by atoms with Gasteiger partial charge in [0.15, 0.2) is 0 Å². The minimum absolute atomic E-state index is 0.318. The number of carboxylic acid groups (broad SMARTS) is 1. The molecule has 0 aromatic carbocycles. The third-order valence-electron chi connectivity index (χ3n) is 2.18. The second-order valence-electron chi connectivity index (χ2n) is 4.46. The molecule has 0 amide bonds. The third kappa shape index (κ3) is 23.3. The first kappa shape index (κ1) is 17.8. The molecule has 0 spiro atoms. The van der Waals surface area contributed by atoms with Crippen molar-refractivity contribution in [2.24, 2.45) is 5.92 Å². The van der Waals surface area contributed by atoms with Gasteiger partial charge in [-0.3, -0.25) is 4.79 Å². The zero-order valence-corrected chi connectivity index (χ0v) is 11.0. The van der Waals surface area contributed by atoms with Gasteiger partial charge in [0.2, 0.25) is 0 Å². The molecule has 0 saturated carbocycles. The average molecular weight is 232 g/mol. The molecule has 98 valence electrons. The van der Waals surface area contributed by atoms with E-state index >= 15 is 0 Å². The van der Waals surface area contributed by atoms with Gasteiger partial charge in [-0.15, -0.1) is 0 Å². The van der Waals surface area contributed by atoms with Gasteiger partial charge in [0.05, 0.1) is 0 Å². The van der Waals surface area contributed by atoms with Gasteiger partial charge < -0.3 is 10.2 Å². The molecule has 16 heavy (non-hydrogen) atoms. The van der Waals surface area contributed by atoms with E-state index < -0.39 is 5.97 Å². The summed E-state index contributed by atoms with van der Waals surface area (Å²) in [7, 11) is 0. The number of hydrogen-bond acceptors (Lipinski definition) is 2. The summed E-state index contributed by atoms with van der Waals surface area (Å²) >= 11 is 0. The van der Waals surface area contributed by atoms with Crippen LogP contribution in [0.2, 0.25) is 0 Å². The first-order chi connectivity index (χ1) is 7.54. The summed E-state index contributed by atoms with van der Waals surface area (Å²) in [6, 6.07) is 0. The smallest absolute Gasteiger partial charge is 0.303 e. The molecule has 0 aromatic rings. The lowest BCUT2D eigenvalue weighted by molar-refractivity contribution is -0.137. The molecule has 0 fully saturated rings. The standard InChI is InChI=1S/C7H14O2.C6H14O/c1-6(2)4-3-5-7(8)9;1-2-3-4-5-6-7/h6H,3-5H2,1-2H3,(H,8,9);7H,2-6H2,1H3. The third-order valence-corrected chi connectivity index (χ3v) is 2.18. The highest BCUT2D eigenvalue weighted by Crippen LogP contribution is 2.05. The van der Waals surface area contributed by atoms with Crippen LogP contribution in [0, 0.1) is 5.92 Å². The predicted octanol–water partition coefficient (Wildman–Crippen LogP) is 3.46. The van der Waals surface area contributed by atoms with Crippen molar-refractivity contribution >= 4 is 5.97 Å². The summed E-state index contributed by atoms with van der Waals surface area (Å²) in [4.78, 5) is 9.98. The molecule has 0 bridgehead atoms. The average Bonchev–Trinajstić information content (AvgIpc) is 2.18. The van der Waals surface area contributed by atoms with Crippen LogP contribution in [0.3, 0.4) is 0 Å². The van der Waals surface area contributed by atoms with Crippen molar-refractivity contribution in [3.63, 3.8) is 0 Å². The molecule has 0 heterocycles. The van der Waals surface area contributed by atoms with Crippen molar-refractivity contribution in [3.8, 4) is 0 Å². The molecule has 0 rings (SSSR count). The van der Waals surface area contributed by atoms with Crippen LogP contribution in [0.25, 0.3) is 0 Å². The summed E-state index contributed by atoms with van der Waals surface area (Å²) in [5, 5.41) is 16.5. The van der Waals surface area contributed by atoms with Crippen LogP contribution in [0.5, 0.6) is 0 Å². The van der Waals surface area contributed by atoms with E-state index in [0.29, 0.717) is 18.9 Å². The summed E-state index contributed by atoms with van der Waals surface area (Å²) in [5.41, 5.74) is 0. The Hall–Kier alpha value is -0.570. The Kier molecular flexibility index (Phi) is 16.1. The fourth-order valence-corrected chi connectivity index (χ4v) is 1.20. The Morgan fingerprint density at radius 2 is 1.75 bits per heavy atom. The highest BCUT2D eigenvalue weighted by atomic mass is 16.4. The molecule has 0 unspecified atom stereocenters. The highest BCUT2D eigenvalue weighted by Gasteiger charge is 1.97. The van der Waals surface area contributed by atoms with E-state index in [2.05, 4.69) is 20.8 Å².